The molecular formula is C75H142O17P2. The van der Waals surface area contributed by atoms with Crippen LogP contribution in [0.4, 0.5) is 0 Å². The van der Waals surface area contributed by atoms with Crippen LogP contribution in [-0.2, 0) is 65.4 Å². The third-order valence-corrected chi connectivity index (χ3v) is 19.2. The predicted octanol–water partition coefficient (Wildman–Crippen LogP) is 21.6. The minimum atomic E-state index is -4.96. The predicted molar refractivity (Wildman–Crippen MR) is 381 cm³/mol. The van der Waals surface area contributed by atoms with Crippen LogP contribution in [0, 0.1) is 5.92 Å². The molecule has 0 heterocycles. The lowest BCUT2D eigenvalue weighted by molar-refractivity contribution is -0.161. The molecule has 0 aromatic rings. The molecule has 0 radical (unpaired) electrons. The maximum Gasteiger partial charge on any atom is 0.472 e. The van der Waals surface area contributed by atoms with Gasteiger partial charge in [0.1, 0.15) is 19.3 Å². The number of esters is 4. The van der Waals surface area contributed by atoms with Gasteiger partial charge in [0.05, 0.1) is 26.4 Å². The van der Waals surface area contributed by atoms with Crippen molar-refractivity contribution in [2.75, 3.05) is 39.6 Å². The second-order valence-corrected chi connectivity index (χ2v) is 29.5. The lowest BCUT2D eigenvalue weighted by atomic mass is 9.99. The van der Waals surface area contributed by atoms with Crippen molar-refractivity contribution in [2.45, 2.75) is 387 Å². The molecule has 0 aliphatic carbocycles. The standard InChI is InChI=1S/C75H142O17P2/c1-6-10-13-16-19-21-23-25-27-28-29-31-33-35-40-45-50-55-60-74(79)92-71(65-86-73(78)59-54-49-44-39-34-32-30-26-24-22-20-17-14-11-7-2)67-90-94(83,84)88-63-69(76)62-87-93(81,82)89-66-70(64-85-72(77)58-53-48-42-18-15-12-8-3)91-75(80)61-56-51-46-41-37-36-38-43-47-52-57-68(5)9-4/h22,24,26,30,68-71,76H,6-21,23,25,27-29,31-67H2,1-5H3,(H,81,82)(H,83,84)/b24-22-,30-26-/t68?,69-,70+,71+/m0/s1. The average Bonchev–Trinajstić information content (AvgIpc) is 2.97. The summed E-state index contributed by atoms with van der Waals surface area (Å²) < 4.78 is 68.3. The molecular weight excluding hydrogens is 1230 g/mol. The summed E-state index contributed by atoms with van der Waals surface area (Å²) in [5, 5.41) is 10.6. The zero-order valence-corrected chi connectivity index (χ0v) is 62.4. The molecule has 0 bridgehead atoms. The number of aliphatic hydroxyl groups is 1. The molecule has 0 saturated heterocycles. The smallest absolute Gasteiger partial charge is 0.462 e. The van der Waals surface area contributed by atoms with Crippen LogP contribution in [0.1, 0.15) is 369 Å². The number of hydrogen-bond acceptors (Lipinski definition) is 15. The highest BCUT2D eigenvalue weighted by molar-refractivity contribution is 7.47. The van der Waals surface area contributed by atoms with Gasteiger partial charge in [-0.05, 0) is 57.3 Å². The van der Waals surface area contributed by atoms with E-state index in [4.69, 9.17) is 37.0 Å². The molecule has 0 fully saturated rings. The summed E-state index contributed by atoms with van der Waals surface area (Å²) >= 11 is 0. The van der Waals surface area contributed by atoms with E-state index in [2.05, 4.69) is 58.9 Å². The maximum atomic E-state index is 13.1. The third-order valence-electron chi connectivity index (χ3n) is 17.3. The summed E-state index contributed by atoms with van der Waals surface area (Å²) in [6, 6.07) is 0. The van der Waals surface area contributed by atoms with Crippen LogP contribution in [0.25, 0.3) is 0 Å². The van der Waals surface area contributed by atoms with Crippen molar-refractivity contribution in [3.8, 4) is 0 Å². The highest BCUT2D eigenvalue weighted by Gasteiger charge is 2.30. The Kier molecular flexibility index (Phi) is 65.9. The molecule has 554 valence electrons. The van der Waals surface area contributed by atoms with Crippen molar-refractivity contribution in [3.05, 3.63) is 24.3 Å². The highest BCUT2D eigenvalue weighted by atomic mass is 31.2. The Morgan fingerprint density at radius 1 is 0.340 bits per heavy atom. The molecule has 0 aliphatic heterocycles. The largest absolute Gasteiger partial charge is 0.472 e. The fourth-order valence-electron chi connectivity index (χ4n) is 11.0. The van der Waals surface area contributed by atoms with Crippen molar-refractivity contribution >= 4 is 39.5 Å². The quantitative estimate of drug-likeness (QED) is 0.0169. The zero-order valence-electron chi connectivity index (χ0n) is 60.6. The van der Waals surface area contributed by atoms with Crippen LogP contribution in [-0.4, -0.2) is 96.7 Å². The monoisotopic (exact) mass is 1380 g/mol. The Morgan fingerprint density at radius 2 is 0.596 bits per heavy atom. The second-order valence-electron chi connectivity index (χ2n) is 26.6. The van der Waals surface area contributed by atoms with Crippen molar-refractivity contribution in [2.24, 2.45) is 5.92 Å². The van der Waals surface area contributed by atoms with Gasteiger partial charge in [-0.3, -0.25) is 37.3 Å². The molecule has 0 aliphatic rings. The Bertz CT molecular complexity index is 1900. The highest BCUT2D eigenvalue weighted by Crippen LogP contribution is 2.45. The van der Waals surface area contributed by atoms with Gasteiger partial charge in [0, 0.05) is 25.7 Å². The number of ether oxygens (including phenoxy) is 4. The topological polar surface area (TPSA) is 237 Å². The number of hydrogen-bond donors (Lipinski definition) is 3. The van der Waals surface area contributed by atoms with Gasteiger partial charge in [0.25, 0.3) is 0 Å². The van der Waals surface area contributed by atoms with E-state index in [1.165, 1.54) is 161 Å². The minimum absolute atomic E-state index is 0.102. The lowest BCUT2D eigenvalue weighted by Gasteiger charge is -2.21. The van der Waals surface area contributed by atoms with Crippen LogP contribution in [0.15, 0.2) is 24.3 Å². The first kappa shape index (κ1) is 91.5. The van der Waals surface area contributed by atoms with Gasteiger partial charge >= 0.3 is 39.5 Å². The van der Waals surface area contributed by atoms with Gasteiger partial charge in [0.15, 0.2) is 12.2 Å². The van der Waals surface area contributed by atoms with E-state index in [1.54, 1.807) is 0 Å². The van der Waals surface area contributed by atoms with Crippen molar-refractivity contribution in [3.63, 3.8) is 0 Å². The van der Waals surface area contributed by atoms with Gasteiger partial charge in [-0.1, -0.05) is 316 Å². The van der Waals surface area contributed by atoms with E-state index in [9.17, 15) is 43.2 Å². The van der Waals surface area contributed by atoms with Gasteiger partial charge in [-0.2, -0.15) is 0 Å². The van der Waals surface area contributed by atoms with Crippen LogP contribution < -0.4 is 0 Å². The normalized spacial score (nSPS) is 14.4. The van der Waals surface area contributed by atoms with Crippen LogP contribution in [0.5, 0.6) is 0 Å². The van der Waals surface area contributed by atoms with E-state index >= 15 is 0 Å². The first-order valence-electron chi connectivity index (χ1n) is 38.5. The summed E-state index contributed by atoms with van der Waals surface area (Å²) in [4.78, 5) is 72.6. The second kappa shape index (κ2) is 67.7. The zero-order chi connectivity index (χ0) is 69.1. The van der Waals surface area contributed by atoms with Gasteiger partial charge in [-0.25, -0.2) is 9.13 Å². The van der Waals surface area contributed by atoms with Gasteiger partial charge in [0.2, 0.25) is 0 Å². The molecule has 3 N–H and O–H groups in total. The van der Waals surface area contributed by atoms with Crippen molar-refractivity contribution in [1.29, 1.82) is 0 Å². The SMILES string of the molecule is CCCCCC/C=C\C=C/CCCCCCCC(=O)OC[C@H](COP(=O)(O)OC[C@@H](O)COP(=O)(O)OC[C@@H](COC(=O)CCCCCCCCC)OC(=O)CCCCCCCCCCCCC(C)CC)OC(=O)CCCCCCCCCCCCCCCCCCCC. The molecule has 0 rings (SSSR count). The van der Waals surface area contributed by atoms with Crippen LogP contribution in [0.3, 0.4) is 0 Å². The molecule has 17 nitrogen and oxygen atoms in total. The molecule has 0 aromatic heterocycles. The number of aliphatic hydroxyl groups excluding tert-OH is 1. The Morgan fingerprint density at radius 3 is 0.904 bits per heavy atom. The maximum absolute atomic E-state index is 13.1. The van der Waals surface area contributed by atoms with Gasteiger partial charge in [-0.15, -0.1) is 0 Å². The third kappa shape index (κ3) is 66.8. The summed E-state index contributed by atoms with van der Waals surface area (Å²) in [7, 11) is -9.92. The number of rotatable bonds is 73. The molecule has 0 aromatic carbocycles. The van der Waals surface area contributed by atoms with E-state index in [1.807, 2.05) is 0 Å². The van der Waals surface area contributed by atoms with E-state index in [0.29, 0.717) is 25.7 Å². The van der Waals surface area contributed by atoms with Gasteiger partial charge < -0.3 is 33.8 Å². The average molecular weight is 1380 g/mol. The van der Waals surface area contributed by atoms with Crippen LogP contribution in [0.2, 0.25) is 0 Å². The number of allylic oxidation sites excluding steroid dienone is 4. The molecule has 19 heteroatoms. The molecule has 94 heavy (non-hydrogen) atoms. The number of carbonyl (C=O) groups is 4. The molecule has 6 atom stereocenters. The van der Waals surface area contributed by atoms with Crippen molar-refractivity contribution in [1.82, 2.24) is 0 Å². The van der Waals surface area contributed by atoms with Crippen molar-refractivity contribution < 1.29 is 80.2 Å². The number of phosphoric acid groups is 2. The summed E-state index contributed by atoms with van der Waals surface area (Å²) in [6.45, 7) is 7.20. The summed E-state index contributed by atoms with van der Waals surface area (Å²) in [5.41, 5.74) is 0. The van der Waals surface area contributed by atoms with Crippen LogP contribution >= 0.6 is 15.6 Å². The molecule has 0 spiro atoms. The fraction of sp³-hybridized carbons (Fsp3) is 0.893. The minimum Gasteiger partial charge on any atom is -0.462 e. The molecule has 3 unspecified atom stereocenters. The Labute approximate surface area is 573 Å². The Balaban J connectivity index is 5.23. The van der Waals surface area contributed by atoms with E-state index in [0.717, 1.165) is 128 Å². The lowest BCUT2D eigenvalue weighted by Crippen LogP contribution is -2.30. The molecule has 0 saturated carbocycles. The summed E-state index contributed by atoms with van der Waals surface area (Å²) in [5.74, 6) is -1.35. The van der Waals surface area contributed by atoms with E-state index in [-0.39, 0.29) is 25.7 Å². The number of unbranched alkanes of at least 4 members (excludes halogenated alkanes) is 41. The number of phosphoric ester groups is 2. The summed E-state index contributed by atoms with van der Waals surface area (Å²) in [6.07, 6.45) is 59.1. The first-order valence-corrected chi connectivity index (χ1v) is 41.5. The Hall–Kier alpha value is -2.46. The number of carbonyl (C=O) groups excluding carboxylic acids is 4. The first-order chi connectivity index (χ1) is 45.6. The van der Waals surface area contributed by atoms with E-state index < -0.39 is 97.5 Å². The molecule has 0 amide bonds. The fourth-order valence-corrected chi connectivity index (χ4v) is 12.5.